The number of halogens is 12. The Morgan fingerprint density at radius 3 is 1.25 bits per heavy atom. The molecule has 0 unspecified atom stereocenters. The van der Waals surface area contributed by atoms with Gasteiger partial charge in [-0.25, -0.2) is 0 Å². The van der Waals surface area contributed by atoms with Crippen LogP contribution >= 0.6 is 0 Å². The molecule has 306 valence electrons. The van der Waals surface area contributed by atoms with Gasteiger partial charge in [0.15, 0.2) is 0 Å². The SMILES string of the molecule is N#Cc1cc(-c2ccccc2)c(-n2c3cc(-c4cc(C(F)(F)F)cc(C(F)(F)F)c4)ccc3c3ccc(-c4cc(C(F)(F)F)cc(C(F)(F)F)c4)cc32)cc1-c1ccncc1. The molecular formula is C46H23F12N3. The zero-order chi connectivity index (χ0) is 43.6. The van der Waals surface area contributed by atoms with Crippen LogP contribution in [-0.2, 0) is 24.7 Å². The molecule has 2 aromatic heterocycles. The fraction of sp³-hybridized carbons (Fsp3) is 0.0870. The molecule has 0 saturated carbocycles. The summed E-state index contributed by atoms with van der Waals surface area (Å²) in [5.74, 6) is 0. The Hall–Kier alpha value is -7.08. The molecule has 8 rings (SSSR count). The summed E-state index contributed by atoms with van der Waals surface area (Å²) in [6, 6.07) is 27.8. The third-order valence-electron chi connectivity index (χ3n) is 10.2. The van der Waals surface area contributed by atoms with E-state index >= 15 is 0 Å². The molecule has 0 aliphatic heterocycles. The smallest absolute Gasteiger partial charge is 0.309 e. The highest BCUT2D eigenvalue weighted by molar-refractivity contribution is 6.12. The van der Waals surface area contributed by atoms with E-state index in [4.69, 9.17) is 0 Å². The van der Waals surface area contributed by atoms with Crippen LogP contribution in [0.15, 0.2) is 140 Å². The fourth-order valence-corrected chi connectivity index (χ4v) is 7.37. The van der Waals surface area contributed by atoms with E-state index in [1.54, 1.807) is 59.2 Å². The van der Waals surface area contributed by atoms with Gasteiger partial charge < -0.3 is 4.57 Å². The van der Waals surface area contributed by atoms with Gasteiger partial charge in [-0.3, -0.25) is 4.98 Å². The number of alkyl halides is 12. The van der Waals surface area contributed by atoms with E-state index in [2.05, 4.69) is 11.1 Å². The highest BCUT2D eigenvalue weighted by Crippen LogP contribution is 2.45. The summed E-state index contributed by atoms with van der Waals surface area (Å²) < 4.78 is 170. The Morgan fingerprint density at radius 2 is 0.836 bits per heavy atom. The molecule has 0 spiro atoms. The number of benzene rings is 6. The average Bonchev–Trinajstić information content (AvgIpc) is 3.55. The molecule has 8 aromatic rings. The number of pyridine rings is 1. The van der Waals surface area contributed by atoms with Gasteiger partial charge in [-0.2, -0.15) is 57.9 Å². The van der Waals surface area contributed by atoms with E-state index in [9.17, 15) is 57.9 Å². The number of rotatable bonds is 5. The molecule has 0 radical (unpaired) electrons. The maximum absolute atomic E-state index is 14.0. The molecule has 0 bridgehead atoms. The maximum atomic E-state index is 14.0. The molecule has 15 heteroatoms. The Labute approximate surface area is 337 Å². The Morgan fingerprint density at radius 1 is 0.410 bits per heavy atom. The van der Waals surface area contributed by atoms with Crippen LogP contribution in [0.2, 0.25) is 0 Å². The molecule has 3 nitrogen and oxygen atoms in total. The quantitative estimate of drug-likeness (QED) is 0.162. The summed E-state index contributed by atoms with van der Waals surface area (Å²) in [7, 11) is 0. The van der Waals surface area contributed by atoms with E-state index in [0.717, 1.165) is 0 Å². The van der Waals surface area contributed by atoms with Gasteiger partial charge in [0.2, 0.25) is 0 Å². The third kappa shape index (κ3) is 7.77. The molecule has 6 aromatic carbocycles. The van der Waals surface area contributed by atoms with Gasteiger partial charge in [0.25, 0.3) is 0 Å². The van der Waals surface area contributed by atoms with Gasteiger partial charge in [0.05, 0.1) is 50.6 Å². The van der Waals surface area contributed by atoms with Gasteiger partial charge in [-0.1, -0.05) is 54.6 Å². The number of nitriles is 1. The second-order valence-corrected chi connectivity index (χ2v) is 14.0. The number of aromatic nitrogens is 2. The van der Waals surface area contributed by atoms with Crippen LogP contribution in [-0.4, -0.2) is 9.55 Å². The van der Waals surface area contributed by atoms with Gasteiger partial charge in [0, 0.05) is 34.3 Å². The number of hydrogen-bond donors (Lipinski definition) is 0. The summed E-state index contributed by atoms with van der Waals surface area (Å²) in [4.78, 5) is 4.04. The fourth-order valence-electron chi connectivity index (χ4n) is 7.37. The number of fused-ring (bicyclic) bond motifs is 3. The predicted molar refractivity (Wildman–Crippen MR) is 205 cm³/mol. The van der Waals surface area contributed by atoms with Crippen molar-refractivity contribution >= 4 is 21.8 Å². The lowest BCUT2D eigenvalue weighted by molar-refractivity contribution is -0.144. The summed E-state index contributed by atoms with van der Waals surface area (Å²) >= 11 is 0. The van der Waals surface area contributed by atoms with Crippen molar-refractivity contribution in [1.29, 1.82) is 5.26 Å². The zero-order valence-corrected chi connectivity index (χ0v) is 30.7. The normalized spacial score (nSPS) is 12.6. The van der Waals surface area contributed by atoms with Gasteiger partial charge in [-0.05, 0) is 106 Å². The minimum atomic E-state index is -5.16. The van der Waals surface area contributed by atoms with Crippen LogP contribution in [0, 0.1) is 11.3 Å². The molecule has 0 saturated heterocycles. The van der Waals surface area contributed by atoms with E-state index < -0.39 is 58.1 Å². The van der Waals surface area contributed by atoms with Gasteiger partial charge in [-0.15, -0.1) is 0 Å². The summed E-state index contributed by atoms with van der Waals surface area (Å²) in [5.41, 5.74) is -4.50. The molecule has 0 aliphatic carbocycles. The van der Waals surface area contributed by atoms with Crippen LogP contribution < -0.4 is 0 Å². The van der Waals surface area contributed by atoms with Crippen molar-refractivity contribution < 1.29 is 52.7 Å². The van der Waals surface area contributed by atoms with Crippen molar-refractivity contribution in [3.8, 4) is 56.3 Å². The van der Waals surface area contributed by atoms with Crippen LogP contribution in [0.3, 0.4) is 0 Å². The first kappa shape index (κ1) is 40.7. The van der Waals surface area contributed by atoms with Crippen molar-refractivity contribution in [3.63, 3.8) is 0 Å². The first-order valence-electron chi connectivity index (χ1n) is 17.9. The average molecular weight is 846 g/mol. The first-order valence-corrected chi connectivity index (χ1v) is 17.9. The van der Waals surface area contributed by atoms with E-state index in [-0.39, 0.29) is 39.9 Å². The molecule has 0 amide bonds. The van der Waals surface area contributed by atoms with Crippen molar-refractivity contribution in [1.82, 2.24) is 9.55 Å². The number of nitrogens with zero attached hydrogens (tertiary/aromatic N) is 3. The van der Waals surface area contributed by atoms with Crippen LogP contribution in [0.4, 0.5) is 52.7 Å². The van der Waals surface area contributed by atoms with Crippen LogP contribution in [0.5, 0.6) is 0 Å². The van der Waals surface area contributed by atoms with Crippen molar-refractivity contribution in [2.75, 3.05) is 0 Å². The van der Waals surface area contributed by atoms with Crippen molar-refractivity contribution in [2.24, 2.45) is 0 Å². The molecule has 0 aliphatic rings. The van der Waals surface area contributed by atoms with E-state index in [1.807, 2.05) is 0 Å². The second kappa shape index (κ2) is 14.6. The lowest BCUT2D eigenvalue weighted by atomic mass is 9.93. The number of hydrogen-bond acceptors (Lipinski definition) is 2. The van der Waals surface area contributed by atoms with Crippen LogP contribution in [0.1, 0.15) is 27.8 Å². The summed E-state index contributed by atoms with van der Waals surface area (Å²) in [5, 5.41) is 11.1. The monoisotopic (exact) mass is 845 g/mol. The van der Waals surface area contributed by atoms with Gasteiger partial charge in [0.1, 0.15) is 0 Å². The molecule has 0 fully saturated rings. The van der Waals surface area contributed by atoms with Crippen LogP contribution in [0.25, 0.3) is 72.0 Å². The molecular weight excluding hydrogens is 823 g/mol. The standard InChI is InChI=1S/C46H23F12N3/c47-43(48,49)32-14-29(15-33(21-32)44(50,51)52)27-6-8-36-37-9-7-28(30-16-34(45(53,54)55)22-35(17-30)46(56,57)58)20-41(37)61(40(36)19-27)42-23-38(26-10-12-60-13-11-26)31(24-59)18-39(42)25-4-2-1-3-5-25/h1-23H. The molecule has 0 atom stereocenters. The molecule has 0 N–H and O–H groups in total. The summed E-state index contributed by atoms with van der Waals surface area (Å²) in [6.45, 7) is 0. The summed E-state index contributed by atoms with van der Waals surface area (Å²) in [6.07, 6.45) is -17.7. The molecule has 2 heterocycles. The first-order chi connectivity index (χ1) is 28.7. The highest BCUT2D eigenvalue weighted by Gasteiger charge is 2.38. The van der Waals surface area contributed by atoms with Crippen molar-refractivity contribution in [2.45, 2.75) is 24.7 Å². The predicted octanol–water partition coefficient (Wildman–Crippen LogP) is 14.8. The zero-order valence-electron chi connectivity index (χ0n) is 30.7. The highest BCUT2D eigenvalue weighted by atomic mass is 19.4. The third-order valence-corrected chi connectivity index (χ3v) is 10.2. The van der Waals surface area contributed by atoms with E-state index in [0.29, 0.717) is 63.0 Å². The second-order valence-electron chi connectivity index (χ2n) is 14.0. The minimum absolute atomic E-state index is 0.00203. The van der Waals surface area contributed by atoms with Crippen molar-refractivity contribution in [3.05, 3.63) is 168 Å². The lowest BCUT2D eigenvalue weighted by Crippen LogP contribution is -2.11. The molecule has 61 heavy (non-hydrogen) atoms. The topological polar surface area (TPSA) is 41.6 Å². The Balaban J connectivity index is 1.51. The van der Waals surface area contributed by atoms with Gasteiger partial charge >= 0.3 is 24.7 Å². The Kier molecular flexibility index (Phi) is 9.72. The van der Waals surface area contributed by atoms with E-state index in [1.165, 1.54) is 48.8 Å². The Bertz CT molecular complexity index is 2830. The largest absolute Gasteiger partial charge is 0.416 e. The lowest BCUT2D eigenvalue weighted by Gasteiger charge is -2.18. The maximum Gasteiger partial charge on any atom is 0.416 e. The minimum Gasteiger partial charge on any atom is -0.309 e.